The summed E-state index contributed by atoms with van der Waals surface area (Å²) in [6, 6.07) is 14.8. The fraction of sp³-hybridized carbons (Fsp3) is 0.263. The van der Waals surface area contributed by atoms with Gasteiger partial charge in [-0.1, -0.05) is 12.1 Å². The molecule has 0 bridgehead atoms. The lowest BCUT2D eigenvalue weighted by Crippen LogP contribution is -2.35. The van der Waals surface area contributed by atoms with Crippen LogP contribution in [0.3, 0.4) is 0 Å². The number of carbonyl (C=O) groups is 1. The number of rotatable bonds is 7. The number of carbonyl (C=O) groups excluding carboxylic acids is 1. The minimum Gasteiger partial charge on any atom is -0.481 e. The molecule has 0 saturated heterocycles. The zero-order valence-corrected chi connectivity index (χ0v) is 16.2. The maximum atomic E-state index is 12.2. The molecule has 0 heterocycles. The van der Waals surface area contributed by atoms with Gasteiger partial charge in [0.2, 0.25) is 10.0 Å². The standard InChI is InChI=1S/C19H21N3O4S/c1-14(26-17-8-4-15(12-20)5-9-17)19(23)21-13-16-6-10-18(11-7-16)27(24,25)22(2)3/h4-11,14H,13H2,1-3H3,(H,21,23). The molecule has 142 valence electrons. The minimum atomic E-state index is -3.47. The monoisotopic (exact) mass is 387 g/mol. The number of nitriles is 1. The Labute approximate surface area is 159 Å². The van der Waals surface area contributed by atoms with Gasteiger partial charge in [0, 0.05) is 20.6 Å². The molecule has 1 N–H and O–H groups in total. The van der Waals surface area contributed by atoms with Crippen molar-refractivity contribution < 1.29 is 17.9 Å². The van der Waals surface area contributed by atoms with Crippen LogP contribution in [0.1, 0.15) is 18.1 Å². The minimum absolute atomic E-state index is 0.195. The third-order valence-electron chi connectivity index (χ3n) is 3.83. The van der Waals surface area contributed by atoms with Crippen molar-refractivity contribution in [2.45, 2.75) is 24.5 Å². The predicted octanol–water partition coefficient (Wildman–Crippen LogP) is 1.89. The molecule has 0 aromatic heterocycles. The molecular weight excluding hydrogens is 366 g/mol. The number of amides is 1. The topological polar surface area (TPSA) is 99.5 Å². The first-order valence-electron chi connectivity index (χ1n) is 8.20. The average Bonchev–Trinajstić information content (AvgIpc) is 2.66. The Kier molecular flexibility index (Phi) is 6.55. The van der Waals surface area contributed by atoms with Crippen LogP contribution in [0, 0.1) is 11.3 Å². The third-order valence-corrected chi connectivity index (χ3v) is 5.66. The first-order valence-corrected chi connectivity index (χ1v) is 9.64. The molecule has 0 aliphatic rings. The van der Waals surface area contributed by atoms with Gasteiger partial charge in [-0.3, -0.25) is 4.79 Å². The first-order chi connectivity index (χ1) is 12.7. The number of benzene rings is 2. The molecule has 1 unspecified atom stereocenters. The molecule has 0 radical (unpaired) electrons. The smallest absolute Gasteiger partial charge is 0.261 e. The summed E-state index contributed by atoms with van der Waals surface area (Å²) < 4.78 is 30.8. The second-order valence-corrected chi connectivity index (χ2v) is 8.20. The SMILES string of the molecule is CC(Oc1ccc(C#N)cc1)C(=O)NCc1ccc(S(=O)(=O)N(C)C)cc1. The lowest BCUT2D eigenvalue weighted by atomic mass is 10.2. The van der Waals surface area contributed by atoms with E-state index in [1.807, 2.05) is 6.07 Å². The lowest BCUT2D eigenvalue weighted by molar-refractivity contribution is -0.127. The Morgan fingerprint density at radius 2 is 1.74 bits per heavy atom. The van der Waals surface area contributed by atoms with Crippen LogP contribution in [-0.2, 0) is 21.4 Å². The molecule has 1 atom stereocenters. The molecule has 0 aliphatic carbocycles. The maximum Gasteiger partial charge on any atom is 0.261 e. The van der Waals surface area contributed by atoms with Crippen molar-refractivity contribution in [1.29, 1.82) is 5.26 Å². The van der Waals surface area contributed by atoms with E-state index in [0.29, 0.717) is 11.3 Å². The fourth-order valence-electron chi connectivity index (χ4n) is 2.19. The Morgan fingerprint density at radius 1 is 1.15 bits per heavy atom. The largest absolute Gasteiger partial charge is 0.481 e. The van der Waals surface area contributed by atoms with Gasteiger partial charge in [0.1, 0.15) is 5.75 Å². The molecule has 2 aromatic carbocycles. The van der Waals surface area contributed by atoms with E-state index >= 15 is 0 Å². The van der Waals surface area contributed by atoms with E-state index in [1.54, 1.807) is 43.3 Å². The first kappa shape index (κ1) is 20.4. The van der Waals surface area contributed by atoms with Crippen LogP contribution < -0.4 is 10.1 Å². The molecule has 8 heteroatoms. The highest BCUT2D eigenvalue weighted by atomic mass is 32.2. The summed E-state index contributed by atoms with van der Waals surface area (Å²) in [7, 11) is -0.530. The van der Waals surface area contributed by atoms with Crippen molar-refractivity contribution >= 4 is 15.9 Å². The van der Waals surface area contributed by atoms with Crippen molar-refractivity contribution in [3.63, 3.8) is 0 Å². The third kappa shape index (κ3) is 5.29. The van der Waals surface area contributed by atoms with Gasteiger partial charge in [0.15, 0.2) is 6.10 Å². The Bertz CT molecular complexity index is 930. The van der Waals surface area contributed by atoms with Crippen molar-refractivity contribution in [2.24, 2.45) is 0 Å². The number of hydrogen-bond donors (Lipinski definition) is 1. The Morgan fingerprint density at radius 3 is 2.26 bits per heavy atom. The Balaban J connectivity index is 1.91. The van der Waals surface area contributed by atoms with Crippen LogP contribution in [0.25, 0.3) is 0 Å². The highest BCUT2D eigenvalue weighted by molar-refractivity contribution is 7.89. The summed E-state index contributed by atoms with van der Waals surface area (Å²) in [5.74, 6) is 0.194. The van der Waals surface area contributed by atoms with Crippen molar-refractivity contribution in [3.8, 4) is 11.8 Å². The molecule has 27 heavy (non-hydrogen) atoms. The van der Waals surface area contributed by atoms with Crippen LogP contribution in [0.15, 0.2) is 53.4 Å². The second-order valence-electron chi connectivity index (χ2n) is 6.05. The van der Waals surface area contributed by atoms with Crippen molar-refractivity contribution in [1.82, 2.24) is 9.62 Å². The molecule has 0 spiro atoms. The molecular formula is C19H21N3O4S. The van der Waals surface area contributed by atoms with Gasteiger partial charge >= 0.3 is 0 Å². The quantitative estimate of drug-likeness (QED) is 0.782. The van der Waals surface area contributed by atoms with Crippen LogP contribution >= 0.6 is 0 Å². The van der Waals surface area contributed by atoms with Crippen LogP contribution in [-0.4, -0.2) is 38.8 Å². The molecule has 1 amide bonds. The predicted molar refractivity (Wildman–Crippen MR) is 100 cm³/mol. The van der Waals surface area contributed by atoms with Crippen LogP contribution in [0.5, 0.6) is 5.75 Å². The number of hydrogen-bond acceptors (Lipinski definition) is 5. The second kappa shape index (κ2) is 8.66. The van der Waals surface area contributed by atoms with Crippen LogP contribution in [0.4, 0.5) is 0 Å². The lowest BCUT2D eigenvalue weighted by Gasteiger charge is -2.15. The van der Waals surface area contributed by atoms with E-state index in [9.17, 15) is 13.2 Å². The molecule has 0 fully saturated rings. The summed E-state index contributed by atoms with van der Waals surface area (Å²) in [4.78, 5) is 12.4. The summed E-state index contributed by atoms with van der Waals surface area (Å²) in [6.07, 6.45) is -0.716. The average molecular weight is 387 g/mol. The molecule has 0 aliphatic heterocycles. The van der Waals surface area contributed by atoms with Gasteiger partial charge in [-0.2, -0.15) is 5.26 Å². The maximum absolute atomic E-state index is 12.2. The van der Waals surface area contributed by atoms with E-state index in [0.717, 1.165) is 9.87 Å². The highest BCUT2D eigenvalue weighted by Crippen LogP contribution is 2.15. The summed E-state index contributed by atoms with van der Waals surface area (Å²) >= 11 is 0. The highest BCUT2D eigenvalue weighted by Gasteiger charge is 2.17. The summed E-state index contributed by atoms with van der Waals surface area (Å²) in [5.41, 5.74) is 1.28. The van der Waals surface area contributed by atoms with E-state index in [1.165, 1.54) is 26.2 Å². The normalized spacial score (nSPS) is 12.3. The van der Waals surface area contributed by atoms with E-state index in [4.69, 9.17) is 10.00 Å². The number of nitrogens with one attached hydrogen (secondary N) is 1. The number of nitrogens with zero attached hydrogens (tertiary/aromatic N) is 2. The van der Waals surface area contributed by atoms with Gasteiger partial charge in [-0.05, 0) is 48.9 Å². The molecule has 7 nitrogen and oxygen atoms in total. The van der Waals surface area contributed by atoms with Gasteiger partial charge in [-0.25, -0.2) is 12.7 Å². The van der Waals surface area contributed by atoms with Gasteiger partial charge in [0.25, 0.3) is 5.91 Å². The number of ether oxygens (including phenoxy) is 1. The van der Waals surface area contributed by atoms with E-state index in [2.05, 4.69) is 5.32 Å². The van der Waals surface area contributed by atoms with Crippen molar-refractivity contribution in [2.75, 3.05) is 14.1 Å². The summed E-state index contributed by atoms with van der Waals surface area (Å²) in [5, 5.41) is 11.5. The molecule has 2 rings (SSSR count). The van der Waals surface area contributed by atoms with E-state index < -0.39 is 16.1 Å². The summed E-state index contributed by atoms with van der Waals surface area (Å²) in [6.45, 7) is 1.88. The van der Waals surface area contributed by atoms with E-state index in [-0.39, 0.29) is 17.3 Å². The zero-order valence-electron chi connectivity index (χ0n) is 15.3. The molecule has 0 saturated carbocycles. The molecule has 2 aromatic rings. The van der Waals surface area contributed by atoms with Gasteiger partial charge < -0.3 is 10.1 Å². The van der Waals surface area contributed by atoms with Crippen LogP contribution in [0.2, 0.25) is 0 Å². The zero-order chi connectivity index (χ0) is 20.0. The van der Waals surface area contributed by atoms with Crippen molar-refractivity contribution in [3.05, 3.63) is 59.7 Å². The number of sulfonamides is 1. The van der Waals surface area contributed by atoms with Gasteiger partial charge in [0.05, 0.1) is 16.5 Å². The Hall–Kier alpha value is -2.89. The van der Waals surface area contributed by atoms with Gasteiger partial charge in [-0.15, -0.1) is 0 Å². The fourth-order valence-corrected chi connectivity index (χ4v) is 3.09.